The van der Waals surface area contributed by atoms with Gasteiger partial charge in [-0.2, -0.15) is 0 Å². The first-order chi connectivity index (χ1) is 10.2. The lowest BCUT2D eigenvalue weighted by atomic mass is 10.1. The third-order valence-electron chi connectivity index (χ3n) is 3.70. The van der Waals surface area contributed by atoms with Crippen LogP contribution in [0, 0.1) is 0 Å². The number of esters is 1. The van der Waals surface area contributed by atoms with Crippen molar-refractivity contribution in [2.24, 2.45) is 0 Å². The highest BCUT2D eigenvalue weighted by molar-refractivity contribution is 9.10. The number of rotatable bonds is 5. The molecule has 0 saturated carbocycles. The molecule has 21 heavy (non-hydrogen) atoms. The van der Waals surface area contributed by atoms with Crippen molar-refractivity contribution in [2.75, 3.05) is 26.3 Å². The second kappa shape index (κ2) is 7.92. The third kappa shape index (κ3) is 4.28. The smallest absolute Gasteiger partial charge is 0.323 e. The minimum absolute atomic E-state index is 0.000253. The largest absolute Gasteiger partial charge is 0.465 e. The molecule has 0 radical (unpaired) electrons. The number of halogens is 1. The van der Waals surface area contributed by atoms with Gasteiger partial charge >= 0.3 is 5.97 Å². The maximum atomic E-state index is 12.1. The van der Waals surface area contributed by atoms with Crippen molar-refractivity contribution < 1.29 is 14.3 Å². The maximum Gasteiger partial charge on any atom is 0.323 e. The predicted molar refractivity (Wildman–Crippen MR) is 85.1 cm³/mol. The summed E-state index contributed by atoms with van der Waals surface area (Å²) >= 11 is 3.49. The molecule has 1 aromatic rings. The Labute approximate surface area is 134 Å². The summed E-state index contributed by atoms with van der Waals surface area (Å²) in [5, 5.41) is 0. The van der Waals surface area contributed by atoms with Gasteiger partial charge in [-0.3, -0.25) is 9.69 Å². The number of nitrogens with zero attached hydrogens (tertiary/aromatic N) is 1. The van der Waals surface area contributed by atoms with E-state index in [4.69, 9.17) is 9.47 Å². The van der Waals surface area contributed by atoms with Crippen LogP contribution in [0.2, 0.25) is 0 Å². The molecular formula is C16H22BrNO3. The fourth-order valence-electron chi connectivity index (χ4n) is 2.67. The Bertz CT molecular complexity index is 480. The second-order valence-electron chi connectivity index (χ2n) is 5.09. The maximum absolute atomic E-state index is 12.1. The summed E-state index contributed by atoms with van der Waals surface area (Å²) in [5.74, 6) is -0.130. The SMILES string of the molecule is CCOC(=O)C(CC)N1CCOC(c2cccc(Br)c2)C1. The zero-order chi connectivity index (χ0) is 15.2. The first-order valence-electron chi connectivity index (χ1n) is 7.43. The van der Waals surface area contributed by atoms with Crippen LogP contribution in [0.15, 0.2) is 28.7 Å². The number of carbonyl (C=O) groups excluding carboxylic acids is 1. The molecule has 2 atom stereocenters. The first kappa shape index (κ1) is 16.5. The molecule has 0 spiro atoms. The van der Waals surface area contributed by atoms with Gasteiger partial charge in [-0.1, -0.05) is 35.0 Å². The average Bonchev–Trinajstić information content (AvgIpc) is 2.49. The number of carbonyl (C=O) groups is 1. The summed E-state index contributed by atoms with van der Waals surface area (Å²) < 4.78 is 12.1. The van der Waals surface area contributed by atoms with Crippen LogP contribution in [0.3, 0.4) is 0 Å². The molecule has 1 saturated heterocycles. The monoisotopic (exact) mass is 355 g/mol. The van der Waals surface area contributed by atoms with Gasteiger partial charge in [-0.15, -0.1) is 0 Å². The van der Waals surface area contributed by atoms with Gasteiger partial charge in [-0.25, -0.2) is 0 Å². The molecule has 2 rings (SSSR count). The average molecular weight is 356 g/mol. The van der Waals surface area contributed by atoms with Crippen LogP contribution in [0.4, 0.5) is 0 Å². The Hall–Kier alpha value is -0.910. The Balaban J connectivity index is 2.07. The quantitative estimate of drug-likeness (QED) is 0.760. The molecule has 1 aromatic carbocycles. The van der Waals surface area contributed by atoms with Gasteiger partial charge in [0.1, 0.15) is 6.04 Å². The normalized spacial score (nSPS) is 21.0. The standard InChI is InChI=1S/C16H22BrNO3/c1-3-14(16(19)20-4-2)18-8-9-21-15(11-18)12-6-5-7-13(17)10-12/h5-7,10,14-15H,3-4,8-9,11H2,1-2H3. The minimum atomic E-state index is -0.177. The highest BCUT2D eigenvalue weighted by Crippen LogP contribution is 2.26. The molecule has 4 nitrogen and oxygen atoms in total. The van der Waals surface area contributed by atoms with Crippen molar-refractivity contribution in [2.45, 2.75) is 32.4 Å². The summed E-state index contributed by atoms with van der Waals surface area (Å²) in [4.78, 5) is 14.2. The molecule has 0 aliphatic carbocycles. The lowest BCUT2D eigenvalue weighted by Gasteiger charge is -2.37. The molecule has 1 aliphatic heterocycles. The number of ether oxygens (including phenoxy) is 2. The summed E-state index contributed by atoms with van der Waals surface area (Å²) in [5.41, 5.74) is 1.13. The molecule has 1 fully saturated rings. The summed E-state index contributed by atoms with van der Waals surface area (Å²) in [6, 6.07) is 7.95. The van der Waals surface area contributed by atoms with E-state index >= 15 is 0 Å². The van der Waals surface area contributed by atoms with Gasteiger partial charge in [-0.05, 0) is 31.0 Å². The highest BCUT2D eigenvalue weighted by Gasteiger charge is 2.31. The summed E-state index contributed by atoms with van der Waals surface area (Å²) in [6.45, 7) is 6.40. The highest BCUT2D eigenvalue weighted by atomic mass is 79.9. The molecule has 0 amide bonds. The van der Waals surface area contributed by atoms with Crippen molar-refractivity contribution in [3.63, 3.8) is 0 Å². The molecule has 0 N–H and O–H groups in total. The number of benzene rings is 1. The van der Waals surface area contributed by atoms with E-state index in [1.165, 1.54) is 0 Å². The number of hydrogen-bond donors (Lipinski definition) is 0. The third-order valence-corrected chi connectivity index (χ3v) is 4.20. The molecule has 5 heteroatoms. The van der Waals surface area contributed by atoms with E-state index in [1.807, 2.05) is 26.0 Å². The van der Waals surface area contributed by atoms with Crippen LogP contribution in [0.25, 0.3) is 0 Å². The van der Waals surface area contributed by atoms with E-state index in [0.29, 0.717) is 19.8 Å². The molecule has 1 aliphatic rings. The molecule has 2 unspecified atom stereocenters. The van der Waals surface area contributed by atoms with Crippen molar-refractivity contribution in [3.05, 3.63) is 34.3 Å². The zero-order valence-corrected chi connectivity index (χ0v) is 14.1. The second-order valence-corrected chi connectivity index (χ2v) is 6.00. The lowest BCUT2D eigenvalue weighted by Crippen LogP contribution is -2.48. The Morgan fingerprint density at radius 2 is 2.33 bits per heavy atom. The topological polar surface area (TPSA) is 38.8 Å². The van der Waals surface area contributed by atoms with Crippen LogP contribution >= 0.6 is 15.9 Å². The molecule has 0 aromatic heterocycles. The van der Waals surface area contributed by atoms with E-state index < -0.39 is 0 Å². The molecule has 116 valence electrons. The van der Waals surface area contributed by atoms with Crippen molar-refractivity contribution in [1.82, 2.24) is 4.90 Å². The van der Waals surface area contributed by atoms with Gasteiger partial charge in [0.15, 0.2) is 0 Å². The number of morpholine rings is 1. The van der Waals surface area contributed by atoms with Gasteiger partial charge in [0.25, 0.3) is 0 Å². The fraction of sp³-hybridized carbons (Fsp3) is 0.562. The van der Waals surface area contributed by atoms with Crippen LogP contribution in [0.5, 0.6) is 0 Å². The van der Waals surface area contributed by atoms with Crippen LogP contribution in [0.1, 0.15) is 31.9 Å². The Morgan fingerprint density at radius 3 is 3.00 bits per heavy atom. The Morgan fingerprint density at radius 1 is 1.52 bits per heavy atom. The van der Waals surface area contributed by atoms with Gasteiger partial charge in [0.05, 0.1) is 19.3 Å². The molecule has 0 bridgehead atoms. The van der Waals surface area contributed by atoms with Crippen molar-refractivity contribution in [3.8, 4) is 0 Å². The summed E-state index contributed by atoms with van der Waals surface area (Å²) in [7, 11) is 0. The van der Waals surface area contributed by atoms with Gasteiger partial charge in [0, 0.05) is 17.6 Å². The van der Waals surface area contributed by atoms with Gasteiger partial charge < -0.3 is 9.47 Å². The fourth-order valence-corrected chi connectivity index (χ4v) is 3.09. The van der Waals surface area contributed by atoms with Crippen molar-refractivity contribution in [1.29, 1.82) is 0 Å². The van der Waals surface area contributed by atoms with E-state index in [0.717, 1.165) is 23.0 Å². The van der Waals surface area contributed by atoms with E-state index in [1.54, 1.807) is 0 Å². The van der Waals surface area contributed by atoms with Crippen LogP contribution in [-0.2, 0) is 14.3 Å². The lowest BCUT2D eigenvalue weighted by molar-refractivity contribution is -0.153. The number of hydrogen-bond acceptors (Lipinski definition) is 4. The van der Waals surface area contributed by atoms with Crippen molar-refractivity contribution >= 4 is 21.9 Å². The van der Waals surface area contributed by atoms with Gasteiger partial charge in [0.2, 0.25) is 0 Å². The van der Waals surface area contributed by atoms with E-state index in [9.17, 15) is 4.79 Å². The zero-order valence-electron chi connectivity index (χ0n) is 12.5. The molecular weight excluding hydrogens is 334 g/mol. The van der Waals surface area contributed by atoms with Crippen LogP contribution < -0.4 is 0 Å². The minimum Gasteiger partial charge on any atom is -0.465 e. The summed E-state index contributed by atoms with van der Waals surface area (Å²) in [6.07, 6.45) is 0.754. The first-order valence-corrected chi connectivity index (χ1v) is 8.22. The Kier molecular flexibility index (Phi) is 6.21. The predicted octanol–water partition coefficient (Wildman–Crippen LogP) is 3.16. The van der Waals surface area contributed by atoms with E-state index in [-0.39, 0.29) is 18.1 Å². The van der Waals surface area contributed by atoms with E-state index in [2.05, 4.69) is 33.0 Å². The molecule has 1 heterocycles. The van der Waals surface area contributed by atoms with Crippen LogP contribution in [-0.4, -0.2) is 43.2 Å².